The summed E-state index contributed by atoms with van der Waals surface area (Å²) in [6.07, 6.45) is 1.48. The van der Waals surface area contributed by atoms with Gasteiger partial charge in [-0.15, -0.1) is 0 Å². The summed E-state index contributed by atoms with van der Waals surface area (Å²) in [5.41, 5.74) is 6.02. The molecule has 1 aromatic heterocycles. The Bertz CT molecular complexity index is 1170. The van der Waals surface area contributed by atoms with Crippen LogP contribution in [0.3, 0.4) is 0 Å². The fourth-order valence-corrected chi connectivity index (χ4v) is 3.74. The van der Waals surface area contributed by atoms with Crippen LogP contribution in [0.25, 0.3) is 5.69 Å². The molecule has 0 atom stereocenters. The molecular weight excluding hydrogens is 451 g/mol. The van der Waals surface area contributed by atoms with Gasteiger partial charge in [-0.25, -0.2) is 5.43 Å². The lowest BCUT2D eigenvalue weighted by atomic mass is 10.2. The Balaban J connectivity index is 1.70. The molecule has 2 N–H and O–H groups in total. The van der Waals surface area contributed by atoms with Gasteiger partial charge in [-0.3, -0.25) is 9.59 Å². The van der Waals surface area contributed by atoms with Crippen molar-refractivity contribution in [3.63, 3.8) is 0 Å². The van der Waals surface area contributed by atoms with Crippen LogP contribution in [0, 0.1) is 13.8 Å². The average Bonchev–Trinajstić information content (AvgIpc) is 3.02. The summed E-state index contributed by atoms with van der Waals surface area (Å²) >= 11 is 12.3. The van der Waals surface area contributed by atoms with Crippen LogP contribution in [0.5, 0.6) is 5.75 Å². The minimum absolute atomic E-state index is 0.405. The Hall–Kier alpha value is -3.29. The first-order valence-corrected chi connectivity index (χ1v) is 10.6. The van der Waals surface area contributed by atoms with E-state index in [1.54, 1.807) is 42.5 Å². The number of carbonyl (C=O) groups is 2. The maximum atomic E-state index is 12.2. The number of amides is 2. The molecule has 0 radical (unpaired) electrons. The summed E-state index contributed by atoms with van der Waals surface area (Å²) in [4.78, 5) is 24.4. The number of hydrogen-bond donors (Lipinski definition) is 2. The summed E-state index contributed by atoms with van der Waals surface area (Å²) in [6, 6.07) is 14.0. The van der Waals surface area contributed by atoms with Gasteiger partial charge in [-0.2, -0.15) is 5.10 Å². The highest BCUT2D eigenvalue weighted by atomic mass is 35.5. The Labute approximate surface area is 196 Å². The molecule has 0 saturated heterocycles. The molecule has 2 aromatic carbocycles. The summed E-state index contributed by atoms with van der Waals surface area (Å²) < 4.78 is 7.41. The van der Waals surface area contributed by atoms with E-state index in [1.807, 2.05) is 31.4 Å². The maximum absolute atomic E-state index is 12.2. The molecule has 3 rings (SSSR count). The van der Waals surface area contributed by atoms with Crippen molar-refractivity contribution in [3.05, 3.63) is 75.5 Å². The number of anilines is 1. The van der Waals surface area contributed by atoms with Gasteiger partial charge in [0.15, 0.2) is 0 Å². The molecule has 166 valence electrons. The van der Waals surface area contributed by atoms with Crippen LogP contribution >= 0.6 is 23.2 Å². The Kier molecular flexibility index (Phi) is 7.56. The van der Waals surface area contributed by atoms with Gasteiger partial charge in [-0.05, 0) is 57.2 Å². The minimum Gasteiger partial charge on any atom is -0.492 e. The fourth-order valence-electron chi connectivity index (χ4n) is 3.23. The number of carbonyl (C=O) groups excluding carboxylic acids is 2. The third-order valence-corrected chi connectivity index (χ3v) is 5.02. The molecule has 0 bridgehead atoms. The number of hydrogen-bond acceptors (Lipinski definition) is 4. The first-order chi connectivity index (χ1) is 15.3. The van der Waals surface area contributed by atoms with E-state index >= 15 is 0 Å². The van der Waals surface area contributed by atoms with Gasteiger partial charge < -0.3 is 14.6 Å². The molecule has 7 nitrogen and oxygen atoms in total. The summed E-state index contributed by atoms with van der Waals surface area (Å²) in [5, 5.41) is 7.50. The van der Waals surface area contributed by atoms with Crippen LogP contribution < -0.4 is 15.5 Å². The highest BCUT2D eigenvalue weighted by Crippen LogP contribution is 2.26. The number of aromatic nitrogens is 1. The van der Waals surface area contributed by atoms with E-state index in [0.29, 0.717) is 28.1 Å². The lowest BCUT2D eigenvalue weighted by Crippen LogP contribution is -2.32. The van der Waals surface area contributed by atoms with Crippen LogP contribution in [0.15, 0.2) is 53.6 Å². The second-order valence-electron chi connectivity index (χ2n) is 6.87. The molecule has 0 unspecified atom stereocenters. The molecule has 0 aliphatic heterocycles. The fraction of sp³-hybridized carbons (Fsp3) is 0.174. The number of halogens is 2. The van der Waals surface area contributed by atoms with Crippen LogP contribution in [-0.4, -0.2) is 29.2 Å². The van der Waals surface area contributed by atoms with Crippen LogP contribution in [0.1, 0.15) is 23.9 Å². The van der Waals surface area contributed by atoms with Crippen molar-refractivity contribution in [2.45, 2.75) is 20.8 Å². The number of hydrazone groups is 1. The predicted octanol–water partition coefficient (Wildman–Crippen LogP) is 4.89. The van der Waals surface area contributed by atoms with E-state index < -0.39 is 11.8 Å². The van der Waals surface area contributed by atoms with Crippen molar-refractivity contribution in [1.29, 1.82) is 0 Å². The first-order valence-electron chi connectivity index (χ1n) is 9.81. The third-order valence-electron chi connectivity index (χ3n) is 4.59. The van der Waals surface area contributed by atoms with Crippen LogP contribution in [-0.2, 0) is 9.59 Å². The van der Waals surface area contributed by atoms with Crippen molar-refractivity contribution in [1.82, 2.24) is 9.99 Å². The van der Waals surface area contributed by atoms with E-state index in [1.165, 1.54) is 6.21 Å². The first kappa shape index (κ1) is 23.4. The van der Waals surface area contributed by atoms with Crippen molar-refractivity contribution >= 4 is 46.9 Å². The van der Waals surface area contributed by atoms with Gasteiger partial charge >= 0.3 is 11.8 Å². The Morgan fingerprint density at radius 1 is 1.06 bits per heavy atom. The quantitative estimate of drug-likeness (QED) is 0.304. The van der Waals surface area contributed by atoms with Crippen molar-refractivity contribution < 1.29 is 14.3 Å². The van der Waals surface area contributed by atoms with Crippen molar-refractivity contribution in [2.75, 3.05) is 11.9 Å². The number of rotatable bonds is 6. The molecular formula is C23H22Cl2N4O3. The number of ether oxygens (including phenoxy) is 1. The standard InChI is InChI=1S/C23H22Cl2N4O3/c1-4-32-21-8-6-5-7-20(21)27-22(30)23(31)28-26-13-16-9-14(2)29(15(16)3)19-11-17(24)10-18(25)12-19/h5-13H,4H2,1-3H3,(H,27,30)(H,28,31)/b26-13-. The molecule has 0 spiro atoms. The lowest BCUT2D eigenvalue weighted by molar-refractivity contribution is -0.136. The molecule has 32 heavy (non-hydrogen) atoms. The number of benzene rings is 2. The largest absolute Gasteiger partial charge is 0.492 e. The second kappa shape index (κ2) is 10.3. The number of para-hydroxylation sites is 2. The van der Waals surface area contributed by atoms with Gasteiger partial charge in [0, 0.05) is 32.7 Å². The van der Waals surface area contributed by atoms with Crippen molar-refractivity contribution in [2.24, 2.45) is 5.10 Å². The highest BCUT2D eigenvalue weighted by molar-refractivity contribution is 6.39. The molecule has 1 heterocycles. The predicted molar refractivity (Wildman–Crippen MR) is 127 cm³/mol. The van der Waals surface area contributed by atoms with Crippen molar-refractivity contribution in [3.8, 4) is 11.4 Å². The van der Waals surface area contributed by atoms with Gasteiger partial charge in [0.1, 0.15) is 5.75 Å². The topological polar surface area (TPSA) is 84.7 Å². The zero-order chi connectivity index (χ0) is 23.3. The molecule has 0 aliphatic carbocycles. The zero-order valence-corrected chi connectivity index (χ0v) is 19.3. The zero-order valence-electron chi connectivity index (χ0n) is 17.8. The van der Waals surface area contributed by atoms with E-state index in [9.17, 15) is 9.59 Å². The number of nitrogens with one attached hydrogen (secondary N) is 2. The van der Waals surface area contributed by atoms with Gasteiger partial charge in [0.05, 0.1) is 18.5 Å². The summed E-state index contributed by atoms with van der Waals surface area (Å²) in [7, 11) is 0. The molecule has 3 aromatic rings. The smallest absolute Gasteiger partial charge is 0.329 e. The number of nitrogens with zero attached hydrogens (tertiary/aromatic N) is 2. The second-order valence-corrected chi connectivity index (χ2v) is 7.74. The molecule has 0 saturated carbocycles. The number of aryl methyl sites for hydroxylation is 1. The van der Waals surface area contributed by atoms with E-state index in [2.05, 4.69) is 15.8 Å². The van der Waals surface area contributed by atoms with Crippen LogP contribution in [0.2, 0.25) is 10.0 Å². The SMILES string of the molecule is CCOc1ccccc1NC(=O)C(=O)N/N=C\c1cc(C)n(-c2cc(Cl)cc(Cl)c2)c1C. The maximum Gasteiger partial charge on any atom is 0.329 e. The average molecular weight is 473 g/mol. The van der Waals surface area contributed by atoms with E-state index in [-0.39, 0.29) is 0 Å². The summed E-state index contributed by atoms with van der Waals surface area (Å²) in [5.74, 6) is -1.27. The molecule has 2 amide bonds. The Morgan fingerprint density at radius 2 is 1.75 bits per heavy atom. The normalized spacial score (nSPS) is 10.9. The highest BCUT2D eigenvalue weighted by Gasteiger charge is 2.16. The Morgan fingerprint density at radius 3 is 2.44 bits per heavy atom. The van der Waals surface area contributed by atoms with Gasteiger partial charge in [0.2, 0.25) is 0 Å². The third kappa shape index (κ3) is 5.49. The van der Waals surface area contributed by atoms with Gasteiger partial charge in [0.25, 0.3) is 0 Å². The lowest BCUT2D eigenvalue weighted by Gasteiger charge is -2.11. The van der Waals surface area contributed by atoms with Gasteiger partial charge in [-0.1, -0.05) is 35.3 Å². The molecule has 0 fully saturated rings. The minimum atomic E-state index is -0.900. The molecule has 0 aliphatic rings. The van der Waals surface area contributed by atoms with E-state index in [0.717, 1.165) is 22.6 Å². The van der Waals surface area contributed by atoms with Crippen LogP contribution in [0.4, 0.5) is 5.69 Å². The van der Waals surface area contributed by atoms with E-state index in [4.69, 9.17) is 27.9 Å². The summed E-state index contributed by atoms with van der Waals surface area (Å²) in [6.45, 7) is 6.10. The molecule has 9 heteroatoms. The monoisotopic (exact) mass is 472 g/mol.